The van der Waals surface area contributed by atoms with Crippen LogP contribution in [-0.2, 0) is 0 Å². The van der Waals surface area contributed by atoms with E-state index in [-0.39, 0.29) is 5.92 Å². The summed E-state index contributed by atoms with van der Waals surface area (Å²) in [5.74, 6) is 2.13. The fourth-order valence-corrected chi connectivity index (χ4v) is 9.11. The third kappa shape index (κ3) is 5.98. The van der Waals surface area contributed by atoms with Gasteiger partial charge in [0.15, 0.2) is 11.6 Å². The minimum Gasteiger partial charge on any atom is -0.456 e. The maximum absolute atomic E-state index is 6.71. The molecule has 3 heterocycles. The molecule has 3 aromatic heterocycles. The molecule has 0 saturated carbocycles. The number of hydrogen-bond acceptors (Lipinski definition) is 6. The maximum Gasteiger partial charge on any atom is 0.163 e. The Labute approximate surface area is 333 Å². The molecule has 5 nitrogen and oxygen atoms in total. The van der Waals surface area contributed by atoms with Crippen molar-refractivity contribution in [1.29, 1.82) is 0 Å². The number of hydrogen-bond donors (Lipinski definition) is 0. The third-order valence-corrected chi connectivity index (χ3v) is 12.0. The van der Waals surface area contributed by atoms with Gasteiger partial charge in [-0.3, -0.25) is 0 Å². The van der Waals surface area contributed by atoms with Crippen molar-refractivity contribution in [2.24, 2.45) is 0 Å². The van der Waals surface area contributed by atoms with Gasteiger partial charge in [-0.05, 0) is 78.2 Å². The lowest BCUT2D eigenvalue weighted by Gasteiger charge is -2.26. The Balaban J connectivity index is 1.07. The number of aromatic nitrogens is 3. The Morgan fingerprint density at radius 2 is 1.21 bits per heavy atom. The number of benzene rings is 7. The lowest BCUT2D eigenvalue weighted by atomic mass is 10.00. The van der Waals surface area contributed by atoms with E-state index in [0.717, 1.165) is 62.4 Å². The first-order chi connectivity index (χ1) is 28.2. The number of fused-ring (bicyclic) bond motifs is 6. The molecule has 0 saturated heterocycles. The standard InChI is InChI=1S/C51H34N4OS/c1-4-13-33(14-5-1)34-23-26-38(27-24-34)55(39-28-30-47-42(32-39)40-19-10-11-22-46(40)57-47)43-20-12-21-44-48(43)41-29-25-37(31-45(41)56-44)51-53-49(35-15-6-2-7-16-35)52-50(54-51)36-17-8-3-9-18-36/h1-17,19-32,36H,18H2. The maximum atomic E-state index is 6.71. The van der Waals surface area contributed by atoms with E-state index < -0.39 is 0 Å². The number of anilines is 3. The molecular formula is C51H34N4OS. The van der Waals surface area contributed by atoms with Gasteiger partial charge in [0.05, 0.1) is 11.1 Å². The topological polar surface area (TPSA) is 55.1 Å². The minimum absolute atomic E-state index is 0.0794. The Morgan fingerprint density at radius 3 is 2.02 bits per heavy atom. The summed E-state index contributed by atoms with van der Waals surface area (Å²) in [4.78, 5) is 17.4. The zero-order chi connectivity index (χ0) is 37.7. The van der Waals surface area contributed by atoms with E-state index in [1.807, 2.05) is 41.7 Å². The molecule has 1 aliphatic carbocycles. The molecule has 0 fully saturated rings. The molecule has 1 atom stereocenters. The van der Waals surface area contributed by atoms with E-state index in [0.29, 0.717) is 11.6 Å². The molecule has 0 spiro atoms. The molecule has 270 valence electrons. The summed E-state index contributed by atoms with van der Waals surface area (Å²) in [6, 6.07) is 57.7. The van der Waals surface area contributed by atoms with E-state index in [4.69, 9.17) is 19.4 Å². The lowest BCUT2D eigenvalue weighted by Crippen LogP contribution is -2.10. The van der Waals surface area contributed by atoms with E-state index in [1.54, 1.807) is 0 Å². The summed E-state index contributed by atoms with van der Waals surface area (Å²) < 4.78 is 9.27. The summed E-state index contributed by atoms with van der Waals surface area (Å²) in [5.41, 5.74) is 8.96. The van der Waals surface area contributed by atoms with Gasteiger partial charge < -0.3 is 9.32 Å². The minimum atomic E-state index is 0.0794. The van der Waals surface area contributed by atoms with Crippen molar-refractivity contribution in [3.8, 4) is 33.9 Å². The Bertz CT molecular complexity index is 3160. The van der Waals surface area contributed by atoms with Gasteiger partial charge in [-0.15, -0.1) is 11.3 Å². The van der Waals surface area contributed by atoms with Gasteiger partial charge >= 0.3 is 0 Å². The highest BCUT2D eigenvalue weighted by molar-refractivity contribution is 7.25. The molecule has 0 bridgehead atoms. The second-order valence-corrected chi connectivity index (χ2v) is 15.4. The monoisotopic (exact) mass is 750 g/mol. The molecule has 11 rings (SSSR count). The molecule has 7 aromatic carbocycles. The van der Waals surface area contributed by atoms with E-state index in [2.05, 4.69) is 163 Å². The van der Waals surface area contributed by atoms with E-state index in [1.165, 1.54) is 31.3 Å². The smallest absolute Gasteiger partial charge is 0.163 e. The zero-order valence-corrected chi connectivity index (χ0v) is 31.6. The van der Waals surface area contributed by atoms with Crippen molar-refractivity contribution in [1.82, 2.24) is 15.0 Å². The largest absolute Gasteiger partial charge is 0.456 e. The van der Waals surface area contributed by atoms with Crippen LogP contribution in [0.3, 0.4) is 0 Å². The molecule has 6 heteroatoms. The van der Waals surface area contributed by atoms with Crippen LogP contribution in [0.15, 0.2) is 193 Å². The summed E-state index contributed by atoms with van der Waals surface area (Å²) in [6.45, 7) is 0. The Kier molecular flexibility index (Phi) is 8.07. The molecule has 57 heavy (non-hydrogen) atoms. The van der Waals surface area contributed by atoms with Crippen molar-refractivity contribution in [3.63, 3.8) is 0 Å². The SMILES string of the molecule is C1=CCC(c2nc(-c3ccccc3)nc(-c3ccc4c(c3)oc3cccc(N(c5ccc(-c6ccccc6)cc5)c5ccc6sc7ccccc7c6c5)c34)n2)C=C1. The Hall–Kier alpha value is -7.15. The first-order valence-corrected chi connectivity index (χ1v) is 20.0. The highest BCUT2D eigenvalue weighted by Crippen LogP contribution is 2.46. The molecule has 0 N–H and O–H groups in total. The molecular weight excluding hydrogens is 717 g/mol. The van der Waals surface area contributed by atoms with Crippen LogP contribution in [0.1, 0.15) is 18.2 Å². The van der Waals surface area contributed by atoms with Gasteiger partial charge in [-0.25, -0.2) is 15.0 Å². The zero-order valence-electron chi connectivity index (χ0n) is 30.8. The first-order valence-electron chi connectivity index (χ1n) is 19.2. The van der Waals surface area contributed by atoms with Crippen molar-refractivity contribution in [3.05, 3.63) is 194 Å². The highest BCUT2D eigenvalue weighted by Gasteiger charge is 2.22. The average molecular weight is 751 g/mol. The van der Waals surface area contributed by atoms with Crippen molar-refractivity contribution in [2.45, 2.75) is 12.3 Å². The molecule has 1 aliphatic rings. The number of nitrogens with zero attached hydrogens (tertiary/aromatic N) is 4. The van der Waals surface area contributed by atoms with Gasteiger partial charge in [0, 0.05) is 54.0 Å². The van der Waals surface area contributed by atoms with Crippen molar-refractivity contribution < 1.29 is 4.42 Å². The van der Waals surface area contributed by atoms with Crippen LogP contribution in [-0.4, -0.2) is 15.0 Å². The molecule has 0 aliphatic heterocycles. The molecule has 1 unspecified atom stereocenters. The van der Waals surface area contributed by atoms with Crippen LogP contribution in [0.25, 0.3) is 76.0 Å². The quantitative estimate of drug-likeness (QED) is 0.162. The molecule has 0 radical (unpaired) electrons. The summed E-state index contributed by atoms with van der Waals surface area (Å²) in [7, 11) is 0. The van der Waals surface area contributed by atoms with E-state index >= 15 is 0 Å². The van der Waals surface area contributed by atoms with Gasteiger partial charge in [0.2, 0.25) is 0 Å². The van der Waals surface area contributed by atoms with Crippen LogP contribution in [0, 0.1) is 0 Å². The second-order valence-electron chi connectivity index (χ2n) is 14.4. The first kappa shape index (κ1) is 33.2. The molecule has 0 amide bonds. The number of allylic oxidation sites excluding steroid dienone is 4. The predicted octanol–water partition coefficient (Wildman–Crippen LogP) is 14.2. The normalized spacial score (nSPS) is 13.9. The van der Waals surface area contributed by atoms with Crippen LogP contribution >= 0.6 is 11.3 Å². The van der Waals surface area contributed by atoms with Crippen LogP contribution < -0.4 is 4.90 Å². The lowest BCUT2D eigenvalue weighted by molar-refractivity contribution is 0.669. The third-order valence-electron chi connectivity index (χ3n) is 10.8. The fraction of sp³-hybridized carbons (Fsp3) is 0.0392. The van der Waals surface area contributed by atoms with Crippen molar-refractivity contribution >= 4 is 70.5 Å². The molecule has 10 aromatic rings. The Morgan fingerprint density at radius 1 is 0.509 bits per heavy atom. The van der Waals surface area contributed by atoms with Gasteiger partial charge in [-0.2, -0.15) is 0 Å². The highest BCUT2D eigenvalue weighted by atomic mass is 32.1. The van der Waals surface area contributed by atoms with Gasteiger partial charge in [0.1, 0.15) is 17.0 Å². The van der Waals surface area contributed by atoms with Crippen LogP contribution in [0.4, 0.5) is 17.1 Å². The van der Waals surface area contributed by atoms with Crippen LogP contribution in [0.2, 0.25) is 0 Å². The predicted molar refractivity (Wildman–Crippen MR) is 237 cm³/mol. The summed E-state index contributed by atoms with van der Waals surface area (Å²) in [5, 5.41) is 4.59. The average Bonchev–Trinajstić information content (AvgIpc) is 3.86. The number of rotatable bonds is 7. The van der Waals surface area contributed by atoms with E-state index in [9.17, 15) is 0 Å². The van der Waals surface area contributed by atoms with Crippen molar-refractivity contribution in [2.75, 3.05) is 4.90 Å². The summed E-state index contributed by atoms with van der Waals surface area (Å²) in [6.07, 6.45) is 9.32. The number of furan rings is 1. The van der Waals surface area contributed by atoms with Gasteiger partial charge in [-0.1, -0.05) is 127 Å². The second kappa shape index (κ2) is 13.9. The fourth-order valence-electron chi connectivity index (χ4n) is 8.02. The number of thiophene rings is 1. The van der Waals surface area contributed by atoms with Crippen LogP contribution in [0.5, 0.6) is 0 Å². The van der Waals surface area contributed by atoms with Gasteiger partial charge in [0.25, 0.3) is 0 Å². The summed E-state index contributed by atoms with van der Waals surface area (Å²) >= 11 is 1.83.